The lowest BCUT2D eigenvalue weighted by atomic mass is 10.1. The Morgan fingerprint density at radius 1 is 0.966 bits per heavy atom. The molecule has 0 radical (unpaired) electrons. The first kappa shape index (κ1) is 19.6. The van der Waals surface area contributed by atoms with Crippen molar-refractivity contribution in [3.05, 3.63) is 87.4 Å². The van der Waals surface area contributed by atoms with Crippen LogP contribution in [0.1, 0.15) is 23.1 Å². The standard InChI is InChI=1S/C23H20Cl2N2O2/c24-20-9-8-19(12-21(20)25)27-13-16-5-7-18(11-17(16)14-27)26-22-4-2-1-3-15(22)6-10-23(28)29/h1-5,7-9,11-12,26H,6,10,13-14H2,(H,28,29). The lowest BCUT2D eigenvalue weighted by Crippen LogP contribution is -2.14. The van der Waals surface area contributed by atoms with Gasteiger partial charge in [0.05, 0.1) is 10.0 Å². The van der Waals surface area contributed by atoms with Crippen molar-refractivity contribution in [1.29, 1.82) is 0 Å². The van der Waals surface area contributed by atoms with Gasteiger partial charge in [0.15, 0.2) is 0 Å². The maximum atomic E-state index is 10.9. The molecule has 0 aromatic heterocycles. The molecular weight excluding hydrogens is 407 g/mol. The summed E-state index contributed by atoms with van der Waals surface area (Å²) in [5, 5.41) is 13.5. The first-order chi connectivity index (χ1) is 14.0. The Kier molecular flexibility index (Phi) is 5.65. The quantitative estimate of drug-likeness (QED) is 0.487. The summed E-state index contributed by atoms with van der Waals surface area (Å²) in [4.78, 5) is 13.2. The molecule has 148 valence electrons. The van der Waals surface area contributed by atoms with Gasteiger partial charge in [0.25, 0.3) is 0 Å². The molecule has 0 fully saturated rings. The van der Waals surface area contributed by atoms with Gasteiger partial charge in [0.2, 0.25) is 0 Å². The summed E-state index contributed by atoms with van der Waals surface area (Å²) in [6.45, 7) is 1.62. The van der Waals surface area contributed by atoms with E-state index in [2.05, 4.69) is 28.4 Å². The number of halogens is 2. The Bertz CT molecular complexity index is 1070. The first-order valence-electron chi connectivity index (χ1n) is 9.38. The van der Waals surface area contributed by atoms with E-state index in [9.17, 15) is 4.79 Å². The minimum absolute atomic E-state index is 0.113. The maximum Gasteiger partial charge on any atom is 0.303 e. The average molecular weight is 427 g/mol. The van der Waals surface area contributed by atoms with E-state index >= 15 is 0 Å². The molecule has 3 aromatic carbocycles. The van der Waals surface area contributed by atoms with Crippen LogP contribution in [-0.4, -0.2) is 11.1 Å². The number of carboxylic acids is 1. The number of hydrogen-bond acceptors (Lipinski definition) is 3. The molecule has 0 aliphatic carbocycles. The summed E-state index contributed by atoms with van der Waals surface area (Å²) >= 11 is 12.2. The minimum atomic E-state index is -0.792. The van der Waals surface area contributed by atoms with Crippen LogP contribution in [0.2, 0.25) is 10.0 Å². The summed E-state index contributed by atoms with van der Waals surface area (Å²) in [5.41, 5.74) is 6.50. The van der Waals surface area contributed by atoms with E-state index in [1.165, 1.54) is 11.1 Å². The maximum absolute atomic E-state index is 10.9. The largest absolute Gasteiger partial charge is 0.481 e. The van der Waals surface area contributed by atoms with Crippen LogP contribution in [0.25, 0.3) is 0 Å². The van der Waals surface area contributed by atoms with E-state index < -0.39 is 5.97 Å². The first-order valence-corrected chi connectivity index (χ1v) is 10.1. The zero-order chi connectivity index (χ0) is 20.4. The number of carboxylic acid groups (broad SMARTS) is 1. The van der Waals surface area contributed by atoms with Crippen molar-refractivity contribution in [1.82, 2.24) is 0 Å². The third-order valence-electron chi connectivity index (χ3n) is 5.10. The van der Waals surface area contributed by atoms with Crippen LogP contribution in [0, 0.1) is 0 Å². The Hall–Kier alpha value is -2.69. The molecule has 2 N–H and O–H groups in total. The van der Waals surface area contributed by atoms with E-state index in [0.717, 1.165) is 35.7 Å². The van der Waals surface area contributed by atoms with Gasteiger partial charge in [0.1, 0.15) is 0 Å². The van der Waals surface area contributed by atoms with Crippen molar-refractivity contribution in [2.75, 3.05) is 10.2 Å². The number of aliphatic carboxylic acids is 1. The number of nitrogens with zero attached hydrogens (tertiary/aromatic N) is 1. The van der Waals surface area contributed by atoms with Gasteiger partial charge in [-0.1, -0.05) is 47.5 Å². The SMILES string of the molecule is O=C(O)CCc1ccccc1Nc1ccc2c(c1)CN(c1ccc(Cl)c(Cl)c1)C2. The number of anilines is 3. The lowest BCUT2D eigenvalue weighted by molar-refractivity contribution is -0.136. The lowest BCUT2D eigenvalue weighted by Gasteiger charge is -2.18. The molecule has 4 rings (SSSR count). The van der Waals surface area contributed by atoms with E-state index in [1.807, 2.05) is 42.5 Å². The number of fused-ring (bicyclic) bond motifs is 1. The van der Waals surface area contributed by atoms with Crippen LogP contribution >= 0.6 is 23.2 Å². The van der Waals surface area contributed by atoms with Gasteiger partial charge in [0, 0.05) is 36.6 Å². The zero-order valence-electron chi connectivity index (χ0n) is 15.7. The Labute approximate surface area is 179 Å². The number of carbonyl (C=O) groups is 1. The third-order valence-corrected chi connectivity index (χ3v) is 5.84. The van der Waals surface area contributed by atoms with Gasteiger partial charge < -0.3 is 15.3 Å². The van der Waals surface area contributed by atoms with Crippen molar-refractivity contribution < 1.29 is 9.90 Å². The van der Waals surface area contributed by atoms with E-state index in [-0.39, 0.29) is 6.42 Å². The van der Waals surface area contributed by atoms with Crippen LogP contribution in [0.4, 0.5) is 17.1 Å². The summed E-state index contributed by atoms with van der Waals surface area (Å²) in [5.74, 6) is -0.792. The van der Waals surface area contributed by atoms with Gasteiger partial charge in [-0.2, -0.15) is 0 Å². The second-order valence-electron chi connectivity index (χ2n) is 7.11. The molecule has 0 spiro atoms. The molecule has 0 amide bonds. The van der Waals surface area contributed by atoms with Crippen molar-refractivity contribution in [3.63, 3.8) is 0 Å². The van der Waals surface area contributed by atoms with Gasteiger partial charge in [-0.25, -0.2) is 0 Å². The number of hydrogen-bond donors (Lipinski definition) is 2. The van der Waals surface area contributed by atoms with Crippen LogP contribution in [0.3, 0.4) is 0 Å². The van der Waals surface area contributed by atoms with Crippen molar-refractivity contribution in [2.24, 2.45) is 0 Å². The number of nitrogens with one attached hydrogen (secondary N) is 1. The molecule has 1 heterocycles. The zero-order valence-corrected chi connectivity index (χ0v) is 17.2. The van der Waals surface area contributed by atoms with Crippen molar-refractivity contribution in [3.8, 4) is 0 Å². The second-order valence-corrected chi connectivity index (χ2v) is 7.93. The summed E-state index contributed by atoms with van der Waals surface area (Å²) in [7, 11) is 0. The van der Waals surface area contributed by atoms with E-state index in [1.54, 1.807) is 0 Å². The predicted octanol–water partition coefficient (Wildman–Crippen LogP) is 6.27. The fraction of sp³-hybridized carbons (Fsp3) is 0.174. The van der Waals surface area contributed by atoms with Crippen LogP contribution in [0.15, 0.2) is 60.7 Å². The molecule has 29 heavy (non-hydrogen) atoms. The molecule has 0 bridgehead atoms. The predicted molar refractivity (Wildman–Crippen MR) is 118 cm³/mol. The highest BCUT2D eigenvalue weighted by atomic mass is 35.5. The third kappa shape index (κ3) is 4.50. The van der Waals surface area contributed by atoms with Crippen LogP contribution in [-0.2, 0) is 24.3 Å². The number of rotatable bonds is 6. The summed E-state index contributed by atoms with van der Waals surface area (Å²) in [6.07, 6.45) is 0.607. The molecule has 3 aromatic rings. The molecule has 0 saturated carbocycles. The van der Waals surface area contributed by atoms with Gasteiger partial charge in [-0.15, -0.1) is 0 Å². The van der Waals surface area contributed by atoms with Crippen LogP contribution < -0.4 is 10.2 Å². The number of aryl methyl sites for hydroxylation is 1. The monoisotopic (exact) mass is 426 g/mol. The second kappa shape index (κ2) is 8.36. The highest BCUT2D eigenvalue weighted by molar-refractivity contribution is 6.42. The number of benzene rings is 3. The Morgan fingerprint density at radius 3 is 2.55 bits per heavy atom. The molecule has 0 unspecified atom stereocenters. The Morgan fingerprint density at radius 2 is 1.76 bits per heavy atom. The number of para-hydroxylation sites is 1. The molecule has 6 heteroatoms. The van der Waals surface area contributed by atoms with E-state index in [4.69, 9.17) is 28.3 Å². The average Bonchev–Trinajstić information content (AvgIpc) is 3.13. The van der Waals surface area contributed by atoms with Crippen LogP contribution in [0.5, 0.6) is 0 Å². The molecule has 1 aliphatic rings. The molecule has 1 aliphatic heterocycles. The van der Waals surface area contributed by atoms with Crippen molar-refractivity contribution in [2.45, 2.75) is 25.9 Å². The Balaban J connectivity index is 1.51. The highest BCUT2D eigenvalue weighted by Gasteiger charge is 2.20. The normalized spacial score (nSPS) is 12.7. The summed E-state index contributed by atoms with van der Waals surface area (Å²) < 4.78 is 0. The summed E-state index contributed by atoms with van der Waals surface area (Å²) in [6, 6.07) is 19.9. The topological polar surface area (TPSA) is 52.6 Å². The molecule has 0 atom stereocenters. The smallest absolute Gasteiger partial charge is 0.303 e. The molecule has 4 nitrogen and oxygen atoms in total. The minimum Gasteiger partial charge on any atom is -0.481 e. The van der Waals surface area contributed by atoms with E-state index in [0.29, 0.717) is 16.5 Å². The molecule has 0 saturated heterocycles. The van der Waals surface area contributed by atoms with Gasteiger partial charge >= 0.3 is 5.97 Å². The van der Waals surface area contributed by atoms with Gasteiger partial charge in [-0.3, -0.25) is 4.79 Å². The fourth-order valence-electron chi connectivity index (χ4n) is 3.59. The fourth-order valence-corrected chi connectivity index (χ4v) is 3.89. The van der Waals surface area contributed by atoms with Crippen molar-refractivity contribution >= 4 is 46.2 Å². The molecular formula is C23H20Cl2N2O2. The van der Waals surface area contributed by atoms with Gasteiger partial charge in [-0.05, 0) is 59.5 Å². The highest BCUT2D eigenvalue weighted by Crippen LogP contribution is 2.34.